The predicted molar refractivity (Wildman–Crippen MR) is 132 cm³/mol. The first-order chi connectivity index (χ1) is 17.3. The second-order valence-corrected chi connectivity index (χ2v) is 12.0. The van der Waals surface area contributed by atoms with Gasteiger partial charge in [-0.05, 0) is 54.0 Å². The number of hydrogen-bond donors (Lipinski definition) is 2. The molecule has 182 valence electrons. The molecule has 4 aliphatic rings. The van der Waals surface area contributed by atoms with E-state index in [0.29, 0.717) is 5.69 Å². The summed E-state index contributed by atoms with van der Waals surface area (Å²) in [6.07, 6.45) is 0.775. The molecule has 3 heterocycles. The van der Waals surface area contributed by atoms with Crippen molar-refractivity contribution in [1.82, 2.24) is 4.98 Å². The number of nitrogens with zero attached hydrogens (tertiary/aromatic N) is 2. The number of benzene rings is 2. The normalized spacial score (nSPS) is 31.9. The standard InChI is InChI=1S/C25H19N3O6S2/c29-13-7-1-10(2-8-13)16-17-14-9-15(20(17)35-22-21(16)36-25(32)26-22)19-18(14)23(30)27(24(19)31)11-3-5-12(6-4-11)28(33)34/h1-8,14-20,29H,9H2,(H,26,32)/t14-,15-,16?,17?,18?,19?,20?/m1/s1. The molecule has 2 aliphatic carbocycles. The Morgan fingerprint density at radius 3 is 2.31 bits per heavy atom. The number of thioether (sulfide) groups is 1. The molecule has 2 aliphatic heterocycles. The molecular weight excluding hydrogens is 502 g/mol. The largest absolute Gasteiger partial charge is 0.508 e. The summed E-state index contributed by atoms with van der Waals surface area (Å²) >= 11 is 2.81. The van der Waals surface area contributed by atoms with Gasteiger partial charge in [0.15, 0.2) is 0 Å². The van der Waals surface area contributed by atoms with Crippen LogP contribution in [0, 0.1) is 39.7 Å². The van der Waals surface area contributed by atoms with Gasteiger partial charge < -0.3 is 10.1 Å². The van der Waals surface area contributed by atoms with Crippen LogP contribution in [0.5, 0.6) is 5.75 Å². The van der Waals surface area contributed by atoms with Crippen molar-refractivity contribution in [3.63, 3.8) is 0 Å². The molecule has 2 saturated carbocycles. The highest BCUT2D eigenvalue weighted by Crippen LogP contribution is 2.68. The third-order valence-corrected chi connectivity index (χ3v) is 10.9. The number of aromatic hydroxyl groups is 1. The van der Waals surface area contributed by atoms with Gasteiger partial charge in [-0.2, -0.15) is 0 Å². The summed E-state index contributed by atoms with van der Waals surface area (Å²) < 4.78 is 0. The lowest BCUT2D eigenvalue weighted by Crippen LogP contribution is -2.42. The summed E-state index contributed by atoms with van der Waals surface area (Å²) in [5.74, 6) is -1.28. The molecule has 2 amide bonds. The number of non-ortho nitro benzene ring substituents is 1. The Balaban J connectivity index is 1.29. The Hall–Kier alpha value is -3.44. The Morgan fingerprint density at radius 2 is 1.64 bits per heavy atom. The van der Waals surface area contributed by atoms with E-state index >= 15 is 0 Å². The topological polar surface area (TPSA) is 134 Å². The highest BCUT2D eigenvalue weighted by molar-refractivity contribution is 8.00. The lowest BCUT2D eigenvalue weighted by molar-refractivity contribution is -0.384. The molecule has 3 aromatic rings. The highest BCUT2D eigenvalue weighted by atomic mass is 32.2. The summed E-state index contributed by atoms with van der Waals surface area (Å²) in [6.45, 7) is 0. The summed E-state index contributed by atoms with van der Waals surface area (Å²) in [4.78, 5) is 55.1. The fourth-order valence-electron chi connectivity index (χ4n) is 7.05. The van der Waals surface area contributed by atoms with Crippen molar-refractivity contribution < 1.29 is 19.6 Å². The number of aromatic nitrogens is 1. The molecule has 7 rings (SSSR count). The molecule has 11 heteroatoms. The molecule has 7 atom stereocenters. The second kappa shape index (κ2) is 7.53. The van der Waals surface area contributed by atoms with Crippen LogP contribution in [0.15, 0.2) is 58.4 Å². The van der Waals surface area contributed by atoms with Crippen LogP contribution >= 0.6 is 23.1 Å². The molecule has 1 saturated heterocycles. The molecule has 2 aromatic carbocycles. The molecule has 5 unspecified atom stereocenters. The summed E-state index contributed by atoms with van der Waals surface area (Å²) in [5, 5.41) is 21.8. The quantitative estimate of drug-likeness (QED) is 0.305. The van der Waals surface area contributed by atoms with Crippen molar-refractivity contribution in [3.05, 3.63) is 78.8 Å². The van der Waals surface area contributed by atoms with Gasteiger partial charge in [-0.3, -0.25) is 29.4 Å². The van der Waals surface area contributed by atoms with E-state index in [1.807, 2.05) is 12.1 Å². The van der Waals surface area contributed by atoms with E-state index in [-0.39, 0.29) is 57.0 Å². The van der Waals surface area contributed by atoms with Crippen molar-refractivity contribution in [1.29, 1.82) is 0 Å². The molecule has 0 radical (unpaired) electrons. The summed E-state index contributed by atoms with van der Waals surface area (Å²) in [7, 11) is 0. The third-order valence-electron chi connectivity index (χ3n) is 8.29. The molecule has 2 bridgehead atoms. The minimum atomic E-state index is -0.513. The van der Waals surface area contributed by atoms with Crippen LogP contribution in [-0.4, -0.2) is 32.1 Å². The number of aromatic amines is 1. The van der Waals surface area contributed by atoms with Gasteiger partial charge in [0.05, 0.1) is 27.5 Å². The van der Waals surface area contributed by atoms with Crippen LogP contribution in [0.1, 0.15) is 22.8 Å². The number of H-pyrrole nitrogens is 1. The fraction of sp³-hybridized carbons (Fsp3) is 0.320. The van der Waals surface area contributed by atoms with E-state index in [4.69, 9.17) is 0 Å². The number of rotatable bonds is 3. The van der Waals surface area contributed by atoms with Crippen molar-refractivity contribution in [2.24, 2.45) is 29.6 Å². The Morgan fingerprint density at radius 1 is 0.972 bits per heavy atom. The van der Waals surface area contributed by atoms with Gasteiger partial charge in [0.2, 0.25) is 11.8 Å². The number of imide groups is 1. The zero-order valence-corrected chi connectivity index (χ0v) is 20.2. The highest BCUT2D eigenvalue weighted by Gasteiger charge is 2.69. The number of carbonyl (C=O) groups excluding carboxylic acids is 2. The van der Waals surface area contributed by atoms with Gasteiger partial charge in [-0.15, -0.1) is 11.8 Å². The predicted octanol–water partition coefficient (Wildman–Crippen LogP) is 3.73. The number of phenols is 1. The number of amides is 2. The number of phenolic OH excluding ortho intramolecular Hbond substituents is 1. The second-order valence-electron chi connectivity index (χ2n) is 9.84. The van der Waals surface area contributed by atoms with Gasteiger partial charge in [0.25, 0.3) is 5.69 Å². The van der Waals surface area contributed by atoms with Crippen LogP contribution < -0.4 is 9.77 Å². The van der Waals surface area contributed by atoms with E-state index < -0.39 is 16.8 Å². The number of anilines is 1. The first-order valence-electron chi connectivity index (χ1n) is 11.6. The number of nitro benzene ring substituents is 1. The maximum Gasteiger partial charge on any atom is 0.305 e. The number of hydrogen-bond acceptors (Lipinski definition) is 8. The van der Waals surface area contributed by atoms with E-state index in [2.05, 4.69) is 4.98 Å². The van der Waals surface area contributed by atoms with E-state index in [9.17, 15) is 29.6 Å². The van der Waals surface area contributed by atoms with Gasteiger partial charge in [-0.25, -0.2) is 0 Å². The van der Waals surface area contributed by atoms with E-state index in [1.54, 1.807) is 23.9 Å². The van der Waals surface area contributed by atoms with Crippen molar-refractivity contribution >= 4 is 46.3 Å². The van der Waals surface area contributed by atoms with E-state index in [0.717, 1.165) is 21.9 Å². The Bertz CT molecular complexity index is 1500. The van der Waals surface area contributed by atoms with Crippen LogP contribution in [0.4, 0.5) is 11.4 Å². The molecule has 0 spiro atoms. The van der Waals surface area contributed by atoms with Gasteiger partial charge in [0.1, 0.15) is 5.75 Å². The molecular formula is C25H19N3O6S2. The van der Waals surface area contributed by atoms with Crippen molar-refractivity contribution in [2.75, 3.05) is 4.90 Å². The average molecular weight is 522 g/mol. The van der Waals surface area contributed by atoms with Gasteiger partial charge in [0, 0.05) is 28.2 Å². The Kier molecular flexibility index (Phi) is 4.56. The van der Waals surface area contributed by atoms with Gasteiger partial charge >= 0.3 is 4.87 Å². The molecule has 2 N–H and O–H groups in total. The monoisotopic (exact) mass is 521 g/mol. The first-order valence-corrected chi connectivity index (χ1v) is 13.3. The number of fused-ring (bicyclic) bond motifs is 9. The maximum absolute atomic E-state index is 13.7. The van der Waals surface area contributed by atoms with Crippen LogP contribution in [0.25, 0.3) is 0 Å². The zero-order valence-electron chi connectivity index (χ0n) is 18.6. The molecule has 3 fully saturated rings. The number of carbonyl (C=O) groups is 2. The zero-order chi connectivity index (χ0) is 24.9. The number of nitro groups is 1. The fourth-order valence-corrected chi connectivity index (χ4v) is 9.94. The minimum Gasteiger partial charge on any atom is -0.508 e. The van der Waals surface area contributed by atoms with Crippen LogP contribution in [0.3, 0.4) is 0 Å². The summed E-state index contributed by atoms with van der Waals surface area (Å²) in [5.41, 5.74) is 1.24. The maximum atomic E-state index is 13.7. The van der Waals surface area contributed by atoms with E-state index in [1.165, 1.54) is 40.5 Å². The van der Waals surface area contributed by atoms with Crippen molar-refractivity contribution in [2.45, 2.75) is 22.6 Å². The Labute approximate surface area is 212 Å². The number of nitrogens with one attached hydrogen (secondary N) is 1. The van der Waals surface area contributed by atoms with Crippen molar-refractivity contribution in [3.8, 4) is 5.75 Å². The lowest BCUT2D eigenvalue weighted by Gasteiger charge is -2.43. The smallest absolute Gasteiger partial charge is 0.305 e. The van der Waals surface area contributed by atoms with Crippen LogP contribution in [-0.2, 0) is 9.59 Å². The van der Waals surface area contributed by atoms with Gasteiger partial charge in [-0.1, -0.05) is 23.5 Å². The molecule has 36 heavy (non-hydrogen) atoms. The lowest BCUT2D eigenvalue weighted by atomic mass is 9.68. The molecule has 9 nitrogen and oxygen atoms in total. The van der Waals surface area contributed by atoms with Crippen LogP contribution in [0.2, 0.25) is 0 Å². The first kappa shape index (κ1) is 21.8. The minimum absolute atomic E-state index is 0.00864. The average Bonchev–Trinajstić information content (AvgIpc) is 3.58. The number of thiazole rings is 1. The molecule has 1 aromatic heterocycles. The SMILES string of the molecule is O=C1C2C(C(=O)N1c1ccc([N+](=O)[O-])cc1)[C@@H]1C[C@H]2C2Sc3[nH]c(=O)sc3C(c3ccc(O)cc3)C21. The summed E-state index contributed by atoms with van der Waals surface area (Å²) in [6, 6.07) is 12.5. The third kappa shape index (κ3) is 2.86.